The van der Waals surface area contributed by atoms with Gasteiger partial charge in [-0.3, -0.25) is 0 Å². The molecule has 0 unspecified atom stereocenters. The molecule has 4 heteroatoms. The van der Waals surface area contributed by atoms with Gasteiger partial charge in [0.05, 0.1) is 0 Å². The van der Waals surface area contributed by atoms with Crippen molar-refractivity contribution in [2.24, 2.45) is 0 Å². The maximum atomic E-state index is 2.30. The number of nitrogens with zero attached hydrogens (tertiary/aromatic N) is 4. The van der Waals surface area contributed by atoms with Gasteiger partial charge in [-0.2, -0.15) is 0 Å². The molecular formula is C96H80N4. The van der Waals surface area contributed by atoms with E-state index in [4.69, 9.17) is 0 Å². The quantitative estimate of drug-likeness (QED) is 0.0705. The molecule has 100 heavy (non-hydrogen) atoms. The van der Waals surface area contributed by atoms with E-state index in [1.807, 2.05) is 0 Å². The Hall–Kier alpha value is -12.8. The van der Waals surface area contributed by atoms with E-state index in [-0.39, 0.29) is 0 Å². The summed E-state index contributed by atoms with van der Waals surface area (Å²) in [6, 6.07) is 129. The summed E-state index contributed by atoms with van der Waals surface area (Å²) in [6.45, 7) is 8.50. The summed E-state index contributed by atoms with van der Waals surface area (Å²) in [4.78, 5) is 9.16. The number of benzene rings is 14. The molecule has 0 N–H and O–H groups in total. The molecule has 4 nitrogen and oxygen atoms in total. The monoisotopic (exact) mass is 1290 g/mol. The third-order valence-corrected chi connectivity index (χ3v) is 17.6. The van der Waals surface area contributed by atoms with E-state index in [1.165, 1.54) is 33.4 Å². The van der Waals surface area contributed by atoms with Crippen molar-refractivity contribution in [3.63, 3.8) is 0 Å². The van der Waals surface area contributed by atoms with Gasteiger partial charge < -0.3 is 19.6 Å². The van der Waals surface area contributed by atoms with Gasteiger partial charge >= 0.3 is 0 Å². The molecule has 0 saturated carbocycles. The van der Waals surface area contributed by atoms with Gasteiger partial charge in [-0.25, -0.2) is 0 Å². The van der Waals surface area contributed by atoms with Crippen LogP contribution in [0.25, 0.3) is 48.6 Å². The average molecular weight is 1290 g/mol. The highest BCUT2D eigenvalue weighted by Crippen LogP contribution is 2.39. The summed E-state index contributed by atoms with van der Waals surface area (Å²) in [5.74, 6) is 0. The predicted octanol–water partition coefficient (Wildman–Crippen LogP) is 27.2. The van der Waals surface area contributed by atoms with Crippen LogP contribution in [0, 0.1) is 27.7 Å². The van der Waals surface area contributed by atoms with Gasteiger partial charge in [-0.05, 0) is 218 Å². The van der Waals surface area contributed by atoms with Crippen molar-refractivity contribution in [1.82, 2.24) is 0 Å². The highest BCUT2D eigenvalue weighted by Gasteiger charge is 2.16. The second kappa shape index (κ2) is 32.3. The molecular weight excluding hydrogens is 1210 g/mol. The van der Waals surface area contributed by atoms with Crippen molar-refractivity contribution in [1.29, 1.82) is 0 Å². The number of aryl methyl sites for hydroxylation is 4. The molecule has 0 fully saturated rings. The van der Waals surface area contributed by atoms with Crippen LogP contribution < -0.4 is 19.6 Å². The first-order chi connectivity index (χ1) is 49.2. The molecule has 0 atom stereocenters. The van der Waals surface area contributed by atoms with Crippen LogP contribution in [0.1, 0.15) is 66.8 Å². The molecule has 0 aliphatic carbocycles. The molecule has 0 amide bonds. The minimum absolute atomic E-state index is 1.13. The van der Waals surface area contributed by atoms with Crippen molar-refractivity contribution < 1.29 is 0 Å². The Kier molecular flexibility index (Phi) is 21.3. The van der Waals surface area contributed by atoms with Crippen LogP contribution >= 0.6 is 0 Å². The Morgan fingerprint density at radius 3 is 0.380 bits per heavy atom. The Morgan fingerprint density at radius 2 is 0.240 bits per heavy atom. The molecule has 14 aromatic rings. The number of rotatable bonds is 20. The van der Waals surface area contributed by atoms with Gasteiger partial charge in [0.25, 0.3) is 0 Å². The molecule has 0 aliphatic rings. The molecule has 0 radical (unpaired) electrons. The summed E-state index contributed by atoms with van der Waals surface area (Å²) in [6.07, 6.45) is 17.4. The van der Waals surface area contributed by atoms with E-state index in [0.717, 1.165) is 102 Å². The zero-order valence-electron chi connectivity index (χ0n) is 57.0. The Morgan fingerprint density at radius 1 is 0.130 bits per heavy atom. The van der Waals surface area contributed by atoms with E-state index in [1.54, 1.807) is 0 Å². The van der Waals surface area contributed by atoms with Gasteiger partial charge in [0.1, 0.15) is 0 Å². The number of anilines is 12. The molecule has 0 aromatic heterocycles. The average Bonchev–Trinajstić information content (AvgIpc) is 0.834. The molecule has 14 rings (SSSR count). The lowest BCUT2D eigenvalue weighted by atomic mass is 10.1. The molecule has 0 aliphatic heterocycles. The van der Waals surface area contributed by atoms with E-state index in [2.05, 4.69) is 460 Å². The zero-order valence-corrected chi connectivity index (χ0v) is 57.0. The highest BCUT2D eigenvalue weighted by atomic mass is 15.2. The van der Waals surface area contributed by atoms with Gasteiger partial charge in [-0.15, -0.1) is 0 Å². The summed E-state index contributed by atoms with van der Waals surface area (Å²) in [7, 11) is 0. The fourth-order valence-electron chi connectivity index (χ4n) is 12.0. The Labute approximate surface area is 591 Å². The van der Waals surface area contributed by atoms with Crippen LogP contribution in [-0.2, 0) is 0 Å². The molecule has 0 bridgehead atoms. The summed E-state index contributed by atoms with van der Waals surface area (Å²) >= 11 is 0. The maximum absolute atomic E-state index is 2.30. The number of hydrogen-bond donors (Lipinski definition) is 0. The molecule has 484 valence electrons. The van der Waals surface area contributed by atoms with Crippen LogP contribution in [0.2, 0.25) is 0 Å². The van der Waals surface area contributed by atoms with E-state index < -0.39 is 0 Å². The van der Waals surface area contributed by atoms with Gasteiger partial charge in [0.2, 0.25) is 0 Å². The minimum Gasteiger partial charge on any atom is -0.311 e. The van der Waals surface area contributed by atoms with Crippen LogP contribution in [0.15, 0.2) is 364 Å². The molecule has 0 heterocycles. The first kappa shape index (κ1) is 65.9. The number of para-hydroxylation sites is 4. The van der Waals surface area contributed by atoms with E-state index in [9.17, 15) is 0 Å². The largest absolute Gasteiger partial charge is 0.311 e. The van der Waals surface area contributed by atoms with Crippen LogP contribution in [0.4, 0.5) is 68.2 Å². The van der Waals surface area contributed by atoms with Gasteiger partial charge in [0.15, 0.2) is 0 Å². The number of hydrogen-bond acceptors (Lipinski definition) is 4. The van der Waals surface area contributed by atoms with Crippen LogP contribution in [0.5, 0.6) is 0 Å². The summed E-state index contributed by atoms with van der Waals surface area (Å²) in [5.41, 5.74) is 27.9. The third kappa shape index (κ3) is 17.3. The second-order valence-electron chi connectivity index (χ2n) is 25.1. The van der Waals surface area contributed by atoms with Crippen LogP contribution in [-0.4, -0.2) is 0 Å². The van der Waals surface area contributed by atoms with Crippen molar-refractivity contribution in [2.45, 2.75) is 27.7 Å². The standard InChI is InChI=1S/C50H44N2.C46H36N2/c1-37-5-25-45(26-6-37)51(46-27-7-38(2)8-28-46)49-33-21-43(22-34-49)19-17-41-13-15-42(16-14-41)18-20-44-23-35-50(36-24-44)52(47-29-9-39(3)10-30-47)48-31-11-40(4)12-32-48;1-5-13-41(14-6-1)47(42-15-7-2-8-16-42)45-33-29-39(30-34-45)27-25-37-21-23-38(24-22-37)26-28-40-31-35-46(36-32-40)48(43-17-9-3-10-18-43)44-19-11-4-12-20-44/h5-36H,1-4H3;1-36H/b19-17+,20-18+;27-25+,28-26+. The predicted molar refractivity (Wildman–Crippen MR) is 432 cm³/mol. The SMILES string of the molecule is C(=C\c1ccc(N(c2ccccc2)c2ccccc2)cc1)/c1ccc(/C=C/c2ccc(N(c3ccccc3)c3ccccc3)cc2)cc1.Cc1ccc(N(c2ccc(C)cc2)c2ccc(/C=C/c3ccc(/C=C/c4ccc(N(c5ccc(C)cc5)c5ccc(C)cc5)cc4)cc3)cc2)cc1. The molecule has 0 spiro atoms. The van der Waals surface area contributed by atoms with Crippen molar-refractivity contribution in [3.8, 4) is 0 Å². The highest BCUT2D eigenvalue weighted by molar-refractivity contribution is 5.84. The van der Waals surface area contributed by atoms with Crippen molar-refractivity contribution in [3.05, 3.63) is 431 Å². The fourth-order valence-corrected chi connectivity index (χ4v) is 12.0. The molecule has 14 aromatic carbocycles. The Balaban J connectivity index is 0.000000180. The van der Waals surface area contributed by atoms with Crippen molar-refractivity contribution in [2.75, 3.05) is 19.6 Å². The Bertz CT molecular complexity index is 4480. The summed E-state index contributed by atoms with van der Waals surface area (Å²) < 4.78 is 0. The fraction of sp³-hybridized carbons (Fsp3) is 0.0417. The van der Waals surface area contributed by atoms with Gasteiger partial charge in [-0.1, -0.05) is 289 Å². The summed E-state index contributed by atoms with van der Waals surface area (Å²) in [5, 5.41) is 0. The molecule has 0 saturated heterocycles. The van der Waals surface area contributed by atoms with Crippen molar-refractivity contribution >= 4 is 117 Å². The minimum atomic E-state index is 1.13. The first-order valence-corrected chi connectivity index (χ1v) is 34.2. The third-order valence-electron chi connectivity index (χ3n) is 17.6. The maximum Gasteiger partial charge on any atom is 0.0462 e. The van der Waals surface area contributed by atoms with Crippen LogP contribution in [0.3, 0.4) is 0 Å². The smallest absolute Gasteiger partial charge is 0.0462 e. The zero-order chi connectivity index (χ0) is 68.2. The first-order valence-electron chi connectivity index (χ1n) is 34.2. The lowest BCUT2D eigenvalue weighted by molar-refractivity contribution is 1.27. The van der Waals surface area contributed by atoms with Gasteiger partial charge in [0, 0.05) is 68.2 Å². The van der Waals surface area contributed by atoms with E-state index >= 15 is 0 Å². The van der Waals surface area contributed by atoms with E-state index in [0.29, 0.717) is 0 Å². The lowest BCUT2D eigenvalue weighted by Crippen LogP contribution is -2.09. The lowest BCUT2D eigenvalue weighted by Gasteiger charge is -2.25. The normalized spacial score (nSPS) is 11.2. The topological polar surface area (TPSA) is 13.0 Å². The second-order valence-corrected chi connectivity index (χ2v) is 25.1.